The molecular formula is C20H16N2O5S. The number of aliphatic imine (C=N–C) groups is 1. The van der Waals surface area contributed by atoms with Crippen LogP contribution in [0.4, 0.5) is 5.69 Å². The van der Waals surface area contributed by atoms with Crippen LogP contribution in [-0.2, 0) is 4.79 Å². The Morgan fingerprint density at radius 2 is 1.82 bits per heavy atom. The second-order valence-electron chi connectivity index (χ2n) is 5.81. The molecule has 1 aliphatic heterocycles. The highest BCUT2D eigenvalue weighted by Crippen LogP contribution is 2.35. The fraction of sp³-hybridized carbons (Fsp3) is 0.0500. The predicted molar refractivity (Wildman–Crippen MR) is 108 cm³/mol. The van der Waals surface area contributed by atoms with Gasteiger partial charge in [-0.1, -0.05) is 18.2 Å². The van der Waals surface area contributed by atoms with Crippen molar-refractivity contribution in [3.63, 3.8) is 0 Å². The highest BCUT2D eigenvalue weighted by molar-refractivity contribution is 8.18. The molecule has 0 unspecified atom stereocenters. The Balaban J connectivity index is 2.01. The summed E-state index contributed by atoms with van der Waals surface area (Å²) in [6.45, 7) is 3.85. The normalized spacial score (nSPS) is 16.7. The molecule has 0 bridgehead atoms. The van der Waals surface area contributed by atoms with E-state index in [1.165, 1.54) is 29.2 Å². The Labute approximate surface area is 165 Å². The highest BCUT2D eigenvalue weighted by atomic mass is 32.2. The number of phenolic OH excluding ortho intramolecular Hbond substituents is 2. The SMILES string of the molecule is C=CCN1C(=O)/C(=C/c2ccc(O)cc2)SC1=Nc1ccc(O)cc1C(=O)O. The number of thioether (sulfide) groups is 1. The van der Waals surface area contributed by atoms with Crippen molar-refractivity contribution in [3.8, 4) is 11.5 Å². The second kappa shape index (κ2) is 8.01. The predicted octanol–water partition coefficient (Wildman–Crippen LogP) is 3.59. The minimum absolute atomic E-state index is 0.122. The summed E-state index contributed by atoms with van der Waals surface area (Å²) >= 11 is 1.11. The molecule has 0 spiro atoms. The minimum atomic E-state index is -1.24. The molecular weight excluding hydrogens is 380 g/mol. The molecule has 1 aliphatic rings. The number of carboxylic acid groups (broad SMARTS) is 1. The molecule has 0 saturated carbocycles. The summed E-state index contributed by atoms with van der Waals surface area (Å²) in [5.74, 6) is -1.59. The van der Waals surface area contributed by atoms with Crippen molar-refractivity contribution in [2.75, 3.05) is 6.54 Å². The first-order chi connectivity index (χ1) is 13.4. The Morgan fingerprint density at radius 1 is 1.14 bits per heavy atom. The average molecular weight is 396 g/mol. The van der Waals surface area contributed by atoms with Gasteiger partial charge in [0, 0.05) is 6.54 Å². The number of phenols is 2. The zero-order valence-electron chi connectivity index (χ0n) is 14.6. The van der Waals surface area contributed by atoms with E-state index in [1.807, 2.05) is 0 Å². The van der Waals surface area contributed by atoms with Crippen LogP contribution in [0, 0.1) is 0 Å². The van der Waals surface area contributed by atoms with Gasteiger partial charge in [0.2, 0.25) is 0 Å². The molecule has 8 heteroatoms. The number of carboxylic acids is 1. The number of rotatable bonds is 5. The van der Waals surface area contributed by atoms with E-state index in [1.54, 1.807) is 24.3 Å². The van der Waals surface area contributed by atoms with Gasteiger partial charge in [-0.2, -0.15) is 0 Å². The Hall–Kier alpha value is -3.52. The molecule has 1 fully saturated rings. The number of amides is 1. The molecule has 7 nitrogen and oxygen atoms in total. The van der Waals surface area contributed by atoms with Crippen molar-refractivity contribution in [1.29, 1.82) is 0 Å². The van der Waals surface area contributed by atoms with Crippen LogP contribution < -0.4 is 0 Å². The topological polar surface area (TPSA) is 110 Å². The number of amidine groups is 1. The molecule has 0 radical (unpaired) electrons. The first-order valence-electron chi connectivity index (χ1n) is 8.15. The monoisotopic (exact) mass is 396 g/mol. The third-order valence-electron chi connectivity index (χ3n) is 3.82. The number of aromatic hydroxyl groups is 2. The smallest absolute Gasteiger partial charge is 0.338 e. The van der Waals surface area contributed by atoms with Crippen LogP contribution in [0.2, 0.25) is 0 Å². The zero-order chi connectivity index (χ0) is 20.3. The van der Waals surface area contributed by atoms with Crippen molar-refractivity contribution in [2.45, 2.75) is 0 Å². The van der Waals surface area contributed by atoms with Gasteiger partial charge in [-0.25, -0.2) is 9.79 Å². The molecule has 0 atom stereocenters. The largest absolute Gasteiger partial charge is 0.508 e. The average Bonchev–Trinajstić information content (AvgIpc) is 2.94. The number of benzene rings is 2. The molecule has 1 amide bonds. The molecule has 3 rings (SSSR count). The third-order valence-corrected chi connectivity index (χ3v) is 4.82. The maximum absolute atomic E-state index is 12.7. The fourth-order valence-electron chi connectivity index (χ4n) is 2.50. The first-order valence-corrected chi connectivity index (χ1v) is 8.97. The van der Waals surface area contributed by atoms with Crippen molar-refractivity contribution in [1.82, 2.24) is 4.90 Å². The molecule has 3 N–H and O–H groups in total. The number of hydrogen-bond donors (Lipinski definition) is 3. The number of aromatic carboxylic acids is 1. The molecule has 0 aliphatic carbocycles. The number of nitrogens with zero attached hydrogens (tertiary/aromatic N) is 2. The van der Waals surface area contributed by atoms with E-state index in [2.05, 4.69) is 11.6 Å². The third kappa shape index (κ3) is 4.07. The van der Waals surface area contributed by atoms with Gasteiger partial charge < -0.3 is 15.3 Å². The van der Waals surface area contributed by atoms with Crippen molar-refractivity contribution >= 4 is 40.6 Å². The molecule has 1 heterocycles. The van der Waals surface area contributed by atoms with E-state index in [0.717, 1.165) is 23.4 Å². The van der Waals surface area contributed by atoms with Crippen LogP contribution in [0.5, 0.6) is 11.5 Å². The molecule has 2 aromatic carbocycles. The quantitative estimate of drug-likeness (QED) is 0.526. The van der Waals surface area contributed by atoms with Crippen LogP contribution >= 0.6 is 11.8 Å². The van der Waals surface area contributed by atoms with Crippen LogP contribution in [-0.4, -0.2) is 43.8 Å². The summed E-state index contributed by atoms with van der Waals surface area (Å²) in [5.41, 5.74) is 0.680. The summed E-state index contributed by atoms with van der Waals surface area (Å²) < 4.78 is 0. The summed E-state index contributed by atoms with van der Waals surface area (Å²) in [6.07, 6.45) is 3.21. The van der Waals surface area contributed by atoms with Gasteiger partial charge in [0.25, 0.3) is 5.91 Å². The molecule has 142 valence electrons. The fourth-order valence-corrected chi connectivity index (χ4v) is 3.50. The molecule has 1 saturated heterocycles. The van der Waals surface area contributed by atoms with Crippen LogP contribution in [0.25, 0.3) is 6.08 Å². The molecule has 28 heavy (non-hydrogen) atoms. The van der Waals surface area contributed by atoms with Crippen molar-refractivity contribution in [3.05, 3.63) is 71.2 Å². The van der Waals surface area contributed by atoms with Gasteiger partial charge >= 0.3 is 5.97 Å². The van der Waals surface area contributed by atoms with Gasteiger partial charge in [-0.05, 0) is 53.7 Å². The minimum Gasteiger partial charge on any atom is -0.508 e. The summed E-state index contributed by atoms with van der Waals surface area (Å²) in [5, 5.41) is 28.6. The zero-order valence-corrected chi connectivity index (χ0v) is 15.4. The summed E-state index contributed by atoms with van der Waals surface area (Å²) in [7, 11) is 0. The maximum atomic E-state index is 12.7. The number of carbonyl (C=O) groups excluding carboxylic acids is 1. The number of carbonyl (C=O) groups is 2. The van der Waals surface area contributed by atoms with Crippen LogP contribution in [0.3, 0.4) is 0 Å². The highest BCUT2D eigenvalue weighted by Gasteiger charge is 2.33. The lowest BCUT2D eigenvalue weighted by Crippen LogP contribution is -2.29. The van der Waals surface area contributed by atoms with E-state index in [-0.39, 0.29) is 35.2 Å². The van der Waals surface area contributed by atoms with Gasteiger partial charge in [0.15, 0.2) is 5.17 Å². The van der Waals surface area contributed by atoms with E-state index < -0.39 is 5.97 Å². The lowest BCUT2D eigenvalue weighted by Gasteiger charge is -2.13. The Morgan fingerprint density at radius 3 is 2.46 bits per heavy atom. The van der Waals surface area contributed by atoms with Crippen LogP contribution in [0.15, 0.2) is 65.0 Å². The van der Waals surface area contributed by atoms with Crippen LogP contribution in [0.1, 0.15) is 15.9 Å². The van der Waals surface area contributed by atoms with Gasteiger partial charge in [-0.15, -0.1) is 6.58 Å². The lowest BCUT2D eigenvalue weighted by atomic mass is 10.2. The van der Waals surface area contributed by atoms with E-state index in [4.69, 9.17) is 0 Å². The standard InChI is InChI=1S/C20H16N2O5S/c1-2-9-22-18(25)17(10-12-3-5-13(23)6-4-12)28-20(22)21-16-8-7-14(24)11-15(16)19(26)27/h2-8,10-11,23-24H,1,9H2,(H,26,27)/b17-10-,21-20?. The second-order valence-corrected chi connectivity index (χ2v) is 6.82. The lowest BCUT2D eigenvalue weighted by molar-refractivity contribution is -0.121. The summed E-state index contributed by atoms with van der Waals surface area (Å²) in [4.78, 5) is 30.3. The molecule has 0 aromatic heterocycles. The van der Waals surface area contributed by atoms with Gasteiger partial charge in [-0.3, -0.25) is 9.69 Å². The van der Waals surface area contributed by atoms with E-state index >= 15 is 0 Å². The van der Waals surface area contributed by atoms with Gasteiger partial charge in [0.05, 0.1) is 16.2 Å². The van der Waals surface area contributed by atoms with E-state index in [0.29, 0.717) is 10.1 Å². The van der Waals surface area contributed by atoms with Gasteiger partial charge in [0.1, 0.15) is 11.5 Å². The Bertz CT molecular complexity index is 1010. The number of hydrogen-bond acceptors (Lipinski definition) is 6. The Kier molecular flexibility index (Phi) is 5.51. The maximum Gasteiger partial charge on any atom is 0.338 e. The molecule has 2 aromatic rings. The van der Waals surface area contributed by atoms with Crippen molar-refractivity contribution < 1.29 is 24.9 Å². The first kappa shape index (κ1) is 19.2. The van der Waals surface area contributed by atoms with Crippen molar-refractivity contribution in [2.24, 2.45) is 4.99 Å². The van der Waals surface area contributed by atoms with E-state index in [9.17, 15) is 24.9 Å². The summed E-state index contributed by atoms with van der Waals surface area (Å²) in [6, 6.07) is 10.2.